The number of hydrogen-bond donors (Lipinski definition) is 1. The lowest BCUT2D eigenvalue weighted by molar-refractivity contribution is -0.139. The molecule has 1 aromatic heterocycles. The molecule has 33 heavy (non-hydrogen) atoms. The molecule has 1 aliphatic heterocycles. The third-order valence-electron chi connectivity index (χ3n) is 5.24. The number of nitrogens with one attached hydrogen (secondary N) is 1. The largest absolute Gasteiger partial charge is 0.489 e. The first-order valence-electron chi connectivity index (χ1n) is 10.7. The molecule has 2 aromatic carbocycles. The van der Waals surface area contributed by atoms with Gasteiger partial charge in [0.15, 0.2) is 0 Å². The van der Waals surface area contributed by atoms with Crippen molar-refractivity contribution in [2.24, 2.45) is 0 Å². The van der Waals surface area contributed by atoms with Crippen molar-refractivity contribution in [2.45, 2.75) is 39.3 Å². The number of carbonyl (C=O) groups excluding carboxylic acids is 1. The lowest BCUT2D eigenvalue weighted by Gasteiger charge is -2.29. The van der Waals surface area contributed by atoms with E-state index in [0.717, 1.165) is 23.2 Å². The van der Waals surface area contributed by atoms with Crippen LogP contribution in [0.1, 0.15) is 43.9 Å². The number of esters is 1. The van der Waals surface area contributed by atoms with Crippen molar-refractivity contribution in [3.63, 3.8) is 0 Å². The smallest absolute Gasteiger partial charge is 0.338 e. The highest BCUT2D eigenvalue weighted by atomic mass is 35.5. The Morgan fingerprint density at radius 1 is 1.15 bits per heavy atom. The fraction of sp³-hybridized carbons (Fsp3) is 0.292. The van der Waals surface area contributed by atoms with E-state index in [2.05, 4.69) is 22.3 Å². The van der Waals surface area contributed by atoms with Gasteiger partial charge in [-0.3, -0.25) is 0 Å². The molecule has 172 valence electrons. The number of aromatic nitrogens is 3. The molecule has 0 saturated heterocycles. The monoisotopic (exact) mass is 486 g/mol. The lowest BCUT2D eigenvalue weighted by atomic mass is 9.94. The molecule has 7 nitrogen and oxygen atoms in total. The van der Waals surface area contributed by atoms with Crippen molar-refractivity contribution in [3.8, 4) is 5.75 Å². The topological polar surface area (TPSA) is 78.3 Å². The van der Waals surface area contributed by atoms with Crippen molar-refractivity contribution in [3.05, 3.63) is 81.2 Å². The Hall–Kier alpha value is -3.03. The molecule has 0 aliphatic carbocycles. The van der Waals surface area contributed by atoms with Gasteiger partial charge in [0.2, 0.25) is 5.95 Å². The average Bonchev–Trinajstić information content (AvgIpc) is 3.28. The molecule has 0 amide bonds. The van der Waals surface area contributed by atoms with Crippen LogP contribution >= 0.6 is 23.2 Å². The summed E-state index contributed by atoms with van der Waals surface area (Å²) in [6.07, 6.45) is 3.02. The molecule has 0 unspecified atom stereocenters. The number of halogens is 2. The molecule has 0 fully saturated rings. The minimum atomic E-state index is -0.488. The van der Waals surface area contributed by atoms with Crippen LogP contribution < -0.4 is 10.1 Å². The van der Waals surface area contributed by atoms with E-state index in [0.29, 0.717) is 40.3 Å². The molecule has 9 heteroatoms. The molecule has 2 heterocycles. The number of allylic oxidation sites excluding steroid dienone is 1. The minimum Gasteiger partial charge on any atom is -0.489 e. The summed E-state index contributed by atoms with van der Waals surface area (Å²) in [5.41, 5.74) is 3.06. The van der Waals surface area contributed by atoms with Crippen LogP contribution in [-0.2, 0) is 16.1 Å². The summed E-state index contributed by atoms with van der Waals surface area (Å²) in [7, 11) is 0. The second-order valence-corrected chi connectivity index (χ2v) is 8.34. The van der Waals surface area contributed by atoms with Gasteiger partial charge in [-0.15, -0.1) is 0 Å². The summed E-state index contributed by atoms with van der Waals surface area (Å²) in [6.45, 7) is 4.46. The van der Waals surface area contributed by atoms with Gasteiger partial charge in [0.1, 0.15) is 24.7 Å². The van der Waals surface area contributed by atoms with Gasteiger partial charge in [0.25, 0.3) is 0 Å². The van der Waals surface area contributed by atoms with Crippen LogP contribution in [-0.4, -0.2) is 27.3 Å². The predicted molar refractivity (Wildman–Crippen MR) is 128 cm³/mol. The van der Waals surface area contributed by atoms with Crippen molar-refractivity contribution in [1.29, 1.82) is 0 Å². The standard InChI is InChI=1S/C24H24Cl2N4O3/c1-3-6-20-21(23(31)32-4-2)22(30-24(29-20)27-14-28-30)16-7-5-8-17(12-16)33-13-15-9-10-18(25)19(26)11-15/h5,7-12,14,22H,3-4,6,13H2,1-2H3,(H,27,28,29)/t22-/m1/s1. The van der Waals surface area contributed by atoms with Crippen LogP contribution in [0.3, 0.4) is 0 Å². The quantitative estimate of drug-likeness (QED) is 0.405. The van der Waals surface area contributed by atoms with E-state index in [-0.39, 0.29) is 12.6 Å². The molecule has 0 spiro atoms. The Bertz CT molecular complexity index is 1190. The van der Waals surface area contributed by atoms with Gasteiger partial charge in [-0.2, -0.15) is 10.1 Å². The van der Waals surface area contributed by atoms with E-state index in [1.807, 2.05) is 30.3 Å². The zero-order chi connectivity index (χ0) is 23.4. The van der Waals surface area contributed by atoms with Crippen molar-refractivity contribution < 1.29 is 14.3 Å². The molecule has 4 rings (SSSR count). The van der Waals surface area contributed by atoms with Crippen LogP contribution in [0.2, 0.25) is 10.0 Å². The Morgan fingerprint density at radius 3 is 2.76 bits per heavy atom. The molecular weight excluding hydrogens is 463 g/mol. The molecule has 0 saturated carbocycles. The maximum absolute atomic E-state index is 13.0. The Kier molecular flexibility index (Phi) is 7.20. The Balaban J connectivity index is 1.68. The molecule has 0 radical (unpaired) electrons. The summed E-state index contributed by atoms with van der Waals surface area (Å²) in [4.78, 5) is 17.3. The molecule has 0 bridgehead atoms. The normalized spacial score (nSPS) is 15.1. The van der Waals surface area contributed by atoms with Crippen molar-refractivity contribution >= 4 is 35.1 Å². The second-order valence-electron chi connectivity index (χ2n) is 7.53. The van der Waals surface area contributed by atoms with E-state index in [9.17, 15) is 4.79 Å². The van der Waals surface area contributed by atoms with E-state index < -0.39 is 6.04 Å². The van der Waals surface area contributed by atoms with Crippen LogP contribution in [0.4, 0.5) is 5.95 Å². The molecule has 3 aromatic rings. The zero-order valence-corrected chi connectivity index (χ0v) is 19.9. The SMILES string of the molecule is CCCC1=C(C(=O)OCC)[C@@H](c2cccc(OCc3ccc(Cl)c(Cl)c3)c2)n2ncnc2N1. The summed E-state index contributed by atoms with van der Waals surface area (Å²) < 4.78 is 13.1. The van der Waals surface area contributed by atoms with E-state index in [1.165, 1.54) is 6.33 Å². The number of carbonyl (C=O) groups is 1. The van der Waals surface area contributed by atoms with Gasteiger partial charge >= 0.3 is 5.97 Å². The summed E-state index contributed by atoms with van der Waals surface area (Å²) in [5, 5.41) is 8.61. The number of nitrogens with zero attached hydrogens (tertiary/aromatic N) is 3. The van der Waals surface area contributed by atoms with Crippen LogP contribution in [0, 0.1) is 0 Å². The van der Waals surface area contributed by atoms with Gasteiger partial charge in [-0.25, -0.2) is 9.48 Å². The number of ether oxygens (including phenoxy) is 2. The van der Waals surface area contributed by atoms with Gasteiger partial charge < -0.3 is 14.8 Å². The zero-order valence-electron chi connectivity index (χ0n) is 18.3. The van der Waals surface area contributed by atoms with Gasteiger partial charge in [-0.1, -0.05) is 54.7 Å². The maximum atomic E-state index is 13.0. The van der Waals surface area contributed by atoms with Crippen molar-refractivity contribution in [2.75, 3.05) is 11.9 Å². The molecular formula is C24H24Cl2N4O3. The fourth-order valence-corrected chi connectivity index (χ4v) is 4.11. The third kappa shape index (κ3) is 4.99. The number of hydrogen-bond acceptors (Lipinski definition) is 6. The first-order valence-corrected chi connectivity index (χ1v) is 11.5. The summed E-state index contributed by atoms with van der Waals surface area (Å²) in [6, 6.07) is 12.5. The summed E-state index contributed by atoms with van der Waals surface area (Å²) >= 11 is 12.1. The van der Waals surface area contributed by atoms with E-state index in [1.54, 1.807) is 23.7 Å². The van der Waals surface area contributed by atoms with Gasteiger partial charge in [0.05, 0.1) is 22.2 Å². The molecule has 1 N–H and O–H groups in total. The number of fused-ring (bicyclic) bond motifs is 1. The fourth-order valence-electron chi connectivity index (χ4n) is 3.79. The Labute approximate surface area is 202 Å². The van der Waals surface area contributed by atoms with Gasteiger partial charge in [-0.05, 0) is 48.7 Å². The van der Waals surface area contributed by atoms with Crippen molar-refractivity contribution in [1.82, 2.24) is 14.8 Å². The predicted octanol–water partition coefficient (Wildman–Crippen LogP) is 5.80. The van der Waals surface area contributed by atoms with Crippen LogP contribution in [0.5, 0.6) is 5.75 Å². The third-order valence-corrected chi connectivity index (χ3v) is 5.98. The van der Waals surface area contributed by atoms with Crippen LogP contribution in [0.25, 0.3) is 0 Å². The highest BCUT2D eigenvalue weighted by Crippen LogP contribution is 2.37. The molecule has 1 aliphatic rings. The Morgan fingerprint density at radius 2 is 2.00 bits per heavy atom. The van der Waals surface area contributed by atoms with E-state index in [4.69, 9.17) is 32.7 Å². The second kappa shape index (κ2) is 10.3. The number of rotatable bonds is 8. The first kappa shape index (κ1) is 23.1. The molecule has 1 atom stereocenters. The summed E-state index contributed by atoms with van der Waals surface area (Å²) in [5.74, 6) is 0.861. The van der Waals surface area contributed by atoms with Crippen LogP contribution in [0.15, 0.2) is 60.1 Å². The lowest BCUT2D eigenvalue weighted by Crippen LogP contribution is -2.30. The number of anilines is 1. The first-order chi connectivity index (χ1) is 16.0. The number of benzene rings is 2. The highest BCUT2D eigenvalue weighted by Gasteiger charge is 2.35. The average molecular weight is 487 g/mol. The minimum absolute atomic E-state index is 0.283. The maximum Gasteiger partial charge on any atom is 0.338 e. The van der Waals surface area contributed by atoms with E-state index >= 15 is 0 Å². The highest BCUT2D eigenvalue weighted by molar-refractivity contribution is 6.42. The van der Waals surface area contributed by atoms with Gasteiger partial charge in [0, 0.05) is 5.70 Å².